The molecule has 23 heavy (non-hydrogen) atoms. The Labute approximate surface area is 133 Å². The molecule has 2 aromatic carbocycles. The highest BCUT2D eigenvalue weighted by atomic mass is 16.3. The van der Waals surface area contributed by atoms with E-state index in [1.807, 2.05) is 37.3 Å². The van der Waals surface area contributed by atoms with Gasteiger partial charge >= 0.3 is 0 Å². The normalized spacial score (nSPS) is 11.0. The number of rotatable bonds is 3. The summed E-state index contributed by atoms with van der Waals surface area (Å²) >= 11 is 0. The maximum atomic E-state index is 12.0. The zero-order chi connectivity index (χ0) is 16.2. The fourth-order valence-corrected chi connectivity index (χ4v) is 2.24. The van der Waals surface area contributed by atoms with Gasteiger partial charge in [-0.15, -0.1) is 0 Å². The number of fused-ring (bicyclic) bond motifs is 1. The zero-order valence-corrected chi connectivity index (χ0v) is 12.5. The van der Waals surface area contributed by atoms with E-state index in [4.69, 9.17) is 0 Å². The third-order valence-corrected chi connectivity index (χ3v) is 3.48. The summed E-state index contributed by atoms with van der Waals surface area (Å²) in [5.74, 6) is -0.243. The van der Waals surface area contributed by atoms with E-state index in [1.54, 1.807) is 18.2 Å². The minimum atomic E-state index is -0.353. The topological polar surface area (TPSA) is 74.6 Å². The van der Waals surface area contributed by atoms with Gasteiger partial charge in [-0.1, -0.05) is 30.3 Å². The van der Waals surface area contributed by atoms with Crippen LogP contribution in [0.2, 0.25) is 0 Å². The summed E-state index contributed by atoms with van der Waals surface area (Å²) in [6.07, 6.45) is 2.94. The lowest BCUT2D eigenvalue weighted by molar-refractivity contribution is 0.0954. The van der Waals surface area contributed by atoms with Crippen molar-refractivity contribution in [3.63, 3.8) is 0 Å². The van der Waals surface area contributed by atoms with Crippen LogP contribution in [-0.2, 0) is 0 Å². The van der Waals surface area contributed by atoms with Crippen molar-refractivity contribution < 1.29 is 9.90 Å². The second-order valence-electron chi connectivity index (χ2n) is 5.11. The molecule has 0 unspecified atom stereocenters. The highest BCUT2D eigenvalue weighted by Crippen LogP contribution is 2.25. The molecule has 0 aliphatic rings. The van der Waals surface area contributed by atoms with Crippen LogP contribution in [0.1, 0.15) is 21.6 Å². The predicted molar refractivity (Wildman–Crippen MR) is 89.6 cm³/mol. The monoisotopic (exact) mass is 305 g/mol. The fraction of sp³-hybridized carbons (Fsp3) is 0.0556. The Morgan fingerprint density at radius 2 is 2.00 bits per heavy atom. The number of hydrogen-bond donors (Lipinski definition) is 2. The van der Waals surface area contributed by atoms with Gasteiger partial charge in [0.1, 0.15) is 5.75 Å². The van der Waals surface area contributed by atoms with E-state index in [1.165, 1.54) is 12.4 Å². The molecule has 0 saturated heterocycles. The van der Waals surface area contributed by atoms with Crippen LogP contribution in [0.5, 0.6) is 5.75 Å². The standard InChI is InChI=1S/C18H15N3O2/c1-12-6-7-14(10-19-12)18(23)21-20-11-16-15-5-3-2-4-13(15)8-9-17(16)22/h2-11,22H,1H3,(H,21,23)/b20-11+. The molecule has 1 heterocycles. The molecular weight excluding hydrogens is 290 g/mol. The molecule has 0 atom stereocenters. The maximum absolute atomic E-state index is 12.0. The van der Waals surface area contributed by atoms with Crippen molar-refractivity contribution in [3.8, 4) is 5.75 Å². The van der Waals surface area contributed by atoms with Gasteiger partial charge in [0.05, 0.1) is 11.8 Å². The molecule has 0 radical (unpaired) electrons. The van der Waals surface area contributed by atoms with E-state index in [0.717, 1.165) is 16.5 Å². The summed E-state index contributed by atoms with van der Waals surface area (Å²) in [5.41, 5.74) is 4.26. The van der Waals surface area contributed by atoms with Crippen molar-refractivity contribution in [1.29, 1.82) is 0 Å². The lowest BCUT2D eigenvalue weighted by Gasteiger charge is -2.05. The van der Waals surface area contributed by atoms with E-state index >= 15 is 0 Å². The van der Waals surface area contributed by atoms with Crippen LogP contribution in [0.25, 0.3) is 10.8 Å². The van der Waals surface area contributed by atoms with Gasteiger partial charge in [0.2, 0.25) is 0 Å². The molecule has 114 valence electrons. The molecule has 0 bridgehead atoms. The molecule has 0 aliphatic heterocycles. The van der Waals surface area contributed by atoms with E-state index < -0.39 is 0 Å². The minimum Gasteiger partial charge on any atom is -0.507 e. The van der Waals surface area contributed by atoms with Gasteiger partial charge in [-0.2, -0.15) is 5.10 Å². The van der Waals surface area contributed by atoms with E-state index in [-0.39, 0.29) is 11.7 Å². The van der Waals surface area contributed by atoms with Crippen LogP contribution in [0.15, 0.2) is 59.8 Å². The van der Waals surface area contributed by atoms with Crippen LogP contribution >= 0.6 is 0 Å². The van der Waals surface area contributed by atoms with E-state index in [9.17, 15) is 9.90 Å². The summed E-state index contributed by atoms with van der Waals surface area (Å²) < 4.78 is 0. The number of phenols is 1. The largest absolute Gasteiger partial charge is 0.507 e. The average molecular weight is 305 g/mol. The van der Waals surface area contributed by atoms with Crippen molar-refractivity contribution in [2.24, 2.45) is 5.10 Å². The molecule has 0 saturated carbocycles. The number of nitrogens with one attached hydrogen (secondary N) is 1. The number of nitrogens with zero attached hydrogens (tertiary/aromatic N) is 2. The first-order valence-electron chi connectivity index (χ1n) is 7.12. The van der Waals surface area contributed by atoms with Crippen LogP contribution in [0.4, 0.5) is 0 Å². The van der Waals surface area contributed by atoms with Crippen molar-refractivity contribution in [2.75, 3.05) is 0 Å². The zero-order valence-electron chi connectivity index (χ0n) is 12.5. The number of aryl methyl sites for hydroxylation is 1. The number of carbonyl (C=O) groups excluding carboxylic acids is 1. The number of hydrogen-bond acceptors (Lipinski definition) is 4. The minimum absolute atomic E-state index is 0.110. The van der Waals surface area contributed by atoms with Crippen LogP contribution in [0.3, 0.4) is 0 Å². The molecule has 5 nitrogen and oxygen atoms in total. The molecule has 1 amide bonds. The number of benzene rings is 2. The van der Waals surface area contributed by atoms with Crippen LogP contribution in [0, 0.1) is 6.92 Å². The number of amides is 1. The lowest BCUT2D eigenvalue weighted by Crippen LogP contribution is -2.17. The van der Waals surface area contributed by atoms with Crippen molar-refractivity contribution >= 4 is 22.9 Å². The Balaban J connectivity index is 1.82. The van der Waals surface area contributed by atoms with Crippen molar-refractivity contribution in [3.05, 3.63) is 71.5 Å². The third-order valence-electron chi connectivity index (χ3n) is 3.48. The van der Waals surface area contributed by atoms with Crippen molar-refractivity contribution in [1.82, 2.24) is 10.4 Å². The van der Waals surface area contributed by atoms with Crippen molar-refractivity contribution in [2.45, 2.75) is 6.92 Å². The third kappa shape index (κ3) is 3.18. The second-order valence-corrected chi connectivity index (χ2v) is 5.11. The van der Waals surface area contributed by atoms with Gasteiger partial charge in [-0.25, -0.2) is 5.43 Å². The Morgan fingerprint density at radius 1 is 1.17 bits per heavy atom. The van der Waals surface area contributed by atoms with Crippen LogP contribution in [-0.4, -0.2) is 22.2 Å². The Hall–Kier alpha value is -3.21. The average Bonchev–Trinajstić information content (AvgIpc) is 2.57. The molecule has 0 fully saturated rings. The number of aromatic hydroxyl groups is 1. The highest BCUT2D eigenvalue weighted by molar-refractivity contribution is 6.03. The summed E-state index contributed by atoms with van der Waals surface area (Å²) in [4.78, 5) is 16.0. The lowest BCUT2D eigenvalue weighted by atomic mass is 10.0. The molecular formula is C18H15N3O2. The summed E-state index contributed by atoms with van der Waals surface area (Å²) in [5, 5.41) is 15.8. The van der Waals surface area contributed by atoms with E-state index in [2.05, 4.69) is 15.5 Å². The summed E-state index contributed by atoms with van der Waals surface area (Å²) in [6.45, 7) is 1.85. The Morgan fingerprint density at radius 3 is 2.78 bits per heavy atom. The number of carbonyl (C=O) groups is 1. The summed E-state index contributed by atoms with van der Waals surface area (Å²) in [7, 11) is 0. The van der Waals surface area contributed by atoms with Crippen LogP contribution < -0.4 is 5.43 Å². The maximum Gasteiger partial charge on any atom is 0.272 e. The Bertz CT molecular complexity index is 886. The van der Waals surface area contributed by atoms with Gasteiger partial charge in [0.25, 0.3) is 5.91 Å². The molecule has 0 spiro atoms. The molecule has 3 aromatic rings. The molecule has 1 aromatic heterocycles. The first-order chi connectivity index (χ1) is 11.1. The molecule has 5 heteroatoms. The van der Waals surface area contributed by atoms with Gasteiger partial charge in [-0.05, 0) is 35.9 Å². The number of aromatic nitrogens is 1. The fourth-order valence-electron chi connectivity index (χ4n) is 2.24. The van der Waals surface area contributed by atoms with E-state index in [0.29, 0.717) is 11.1 Å². The number of phenolic OH excluding ortho intramolecular Hbond substituents is 1. The highest BCUT2D eigenvalue weighted by Gasteiger charge is 2.06. The first kappa shape index (κ1) is 14.7. The van der Waals surface area contributed by atoms with Gasteiger partial charge in [0, 0.05) is 17.5 Å². The smallest absolute Gasteiger partial charge is 0.272 e. The van der Waals surface area contributed by atoms with Gasteiger partial charge in [0.15, 0.2) is 0 Å². The molecule has 2 N–H and O–H groups in total. The van der Waals surface area contributed by atoms with Gasteiger partial charge in [-0.3, -0.25) is 9.78 Å². The molecule has 3 rings (SSSR count). The first-order valence-corrected chi connectivity index (χ1v) is 7.12. The number of pyridine rings is 1. The van der Waals surface area contributed by atoms with Gasteiger partial charge < -0.3 is 5.11 Å². The number of hydrazone groups is 1. The Kier molecular flexibility index (Phi) is 4.01. The predicted octanol–water partition coefficient (Wildman–Crippen LogP) is 3.01. The SMILES string of the molecule is Cc1ccc(C(=O)N/N=C/c2c(O)ccc3ccccc23)cn1. The molecule has 0 aliphatic carbocycles. The summed E-state index contributed by atoms with van der Waals surface area (Å²) in [6, 6.07) is 14.5. The quantitative estimate of drug-likeness (QED) is 0.577. The second kappa shape index (κ2) is 6.27.